The number of hydrogen-bond acceptors (Lipinski definition) is 5. The molecule has 2 rings (SSSR count). The smallest absolute Gasteiger partial charge is 0.265 e. The molecule has 0 aliphatic heterocycles. The average molecular weight is 296 g/mol. The highest BCUT2D eigenvalue weighted by molar-refractivity contribution is 7.92. The van der Waals surface area contributed by atoms with Gasteiger partial charge in [-0.3, -0.25) is 9.82 Å². The number of benzene rings is 1. The minimum absolute atomic E-state index is 0.0139. The van der Waals surface area contributed by atoms with Gasteiger partial charge in [-0.2, -0.15) is 5.10 Å². The van der Waals surface area contributed by atoms with E-state index in [1.165, 1.54) is 19.2 Å². The number of aromatic amines is 1. The van der Waals surface area contributed by atoms with Crippen molar-refractivity contribution >= 4 is 21.4 Å². The fraction of sp³-hybridized carbons (Fsp3) is 0.250. The van der Waals surface area contributed by atoms with E-state index in [0.717, 1.165) is 0 Å². The maximum atomic E-state index is 12.4. The molecule has 0 fully saturated rings. The van der Waals surface area contributed by atoms with Crippen molar-refractivity contribution in [2.75, 3.05) is 17.6 Å². The number of anilines is 2. The lowest BCUT2D eigenvalue weighted by atomic mass is 10.3. The van der Waals surface area contributed by atoms with Gasteiger partial charge in [0.1, 0.15) is 10.6 Å². The Bertz CT molecular complexity index is 718. The predicted molar refractivity (Wildman–Crippen MR) is 76.3 cm³/mol. The van der Waals surface area contributed by atoms with Crippen LogP contribution in [0.2, 0.25) is 0 Å². The Morgan fingerprint density at radius 2 is 2.05 bits per heavy atom. The van der Waals surface area contributed by atoms with Gasteiger partial charge in [-0.15, -0.1) is 0 Å². The van der Waals surface area contributed by atoms with E-state index in [2.05, 4.69) is 14.9 Å². The van der Waals surface area contributed by atoms with Crippen molar-refractivity contribution in [1.82, 2.24) is 10.2 Å². The molecule has 0 aliphatic rings. The summed E-state index contributed by atoms with van der Waals surface area (Å²) in [6.45, 7) is 3.44. The van der Waals surface area contributed by atoms with E-state index < -0.39 is 10.0 Å². The highest BCUT2D eigenvalue weighted by atomic mass is 32.2. The lowest BCUT2D eigenvalue weighted by Crippen LogP contribution is -2.15. The van der Waals surface area contributed by atoms with Crippen LogP contribution in [-0.2, 0) is 10.0 Å². The number of nitrogens with one attached hydrogen (secondary N) is 2. The summed E-state index contributed by atoms with van der Waals surface area (Å²) in [5, 5.41) is 6.66. The minimum Gasteiger partial charge on any atom is -0.495 e. The van der Waals surface area contributed by atoms with Gasteiger partial charge < -0.3 is 10.5 Å². The van der Waals surface area contributed by atoms with E-state index in [-0.39, 0.29) is 10.6 Å². The van der Waals surface area contributed by atoms with Gasteiger partial charge in [0.05, 0.1) is 24.2 Å². The molecule has 1 aromatic carbocycles. The van der Waals surface area contributed by atoms with E-state index in [4.69, 9.17) is 10.5 Å². The molecule has 108 valence electrons. The van der Waals surface area contributed by atoms with Gasteiger partial charge >= 0.3 is 0 Å². The van der Waals surface area contributed by atoms with Gasteiger partial charge in [0.15, 0.2) is 0 Å². The molecule has 4 N–H and O–H groups in total. The molecule has 0 aliphatic carbocycles. The van der Waals surface area contributed by atoms with Gasteiger partial charge in [-0.25, -0.2) is 8.42 Å². The highest BCUT2D eigenvalue weighted by Gasteiger charge is 2.22. The molecule has 0 unspecified atom stereocenters. The lowest BCUT2D eigenvalue weighted by molar-refractivity contribution is 0.403. The van der Waals surface area contributed by atoms with Gasteiger partial charge in [0, 0.05) is 5.69 Å². The zero-order valence-corrected chi connectivity index (χ0v) is 12.2. The Kier molecular flexibility index (Phi) is 3.58. The van der Waals surface area contributed by atoms with Crippen molar-refractivity contribution in [1.29, 1.82) is 0 Å². The van der Waals surface area contributed by atoms with Gasteiger partial charge in [0.25, 0.3) is 10.0 Å². The van der Waals surface area contributed by atoms with E-state index in [9.17, 15) is 8.42 Å². The van der Waals surface area contributed by atoms with Crippen molar-refractivity contribution in [3.63, 3.8) is 0 Å². The Labute approximate surface area is 117 Å². The molecule has 7 nitrogen and oxygen atoms in total. The Morgan fingerprint density at radius 1 is 1.35 bits per heavy atom. The summed E-state index contributed by atoms with van der Waals surface area (Å²) in [7, 11) is -2.41. The quantitative estimate of drug-likeness (QED) is 0.739. The van der Waals surface area contributed by atoms with Crippen LogP contribution in [0.25, 0.3) is 0 Å². The van der Waals surface area contributed by atoms with Crippen LogP contribution in [0.1, 0.15) is 11.4 Å². The third-order valence-electron chi connectivity index (χ3n) is 2.84. The van der Waals surface area contributed by atoms with Crippen LogP contribution < -0.4 is 15.2 Å². The number of methoxy groups -OCH3 is 1. The maximum Gasteiger partial charge on any atom is 0.265 e. The summed E-state index contributed by atoms with van der Waals surface area (Å²) in [6, 6.07) is 4.44. The zero-order valence-electron chi connectivity index (χ0n) is 11.4. The first-order valence-electron chi connectivity index (χ1n) is 5.83. The molecule has 0 spiro atoms. The Morgan fingerprint density at radius 3 is 2.60 bits per heavy atom. The van der Waals surface area contributed by atoms with Crippen LogP contribution in [0.4, 0.5) is 11.4 Å². The number of nitrogen functional groups attached to an aromatic ring is 1. The number of hydrogen-bond donors (Lipinski definition) is 3. The first kappa shape index (κ1) is 14.2. The lowest BCUT2D eigenvalue weighted by Gasteiger charge is -2.12. The molecule has 0 amide bonds. The summed E-state index contributed by atoms with van der Waals surface area (Å²) >= 11 is 0. The van der Waals surface area contributed by atoms with Crippen molar-refractivity contribution in [3.05, 3.63) is 29.6 Å². The molecule has 0 saturated heterocycles. The fourth-order valence-electron chi connectivity index (χ4n) is 1.79. The molecule has 8 heteroatoms. The number of nitrogens with zero attached hydrogens (tertiary/aromatic N) is 1. The zero-order chi connectivity index (χ0) is 14.9. The Hall–Kier alpha value is -2.22. The second-order valence-electron chi connectivity index (χ2n) is 4.32. The number of ether oxygens (including phenoxy) is 1. The topological polar surface area (TPSA) is 110 Å². The van der Waals surface area contributed by atoms with E-state index in [0.29, 0.717) is 22.8 Å². The number of rotatable bonds is 4. The highest BCUT2D eigenvalue weighted by Crippen LogP contribution is 2.29. The summed E-state index contributed by atoms with van der Waals surface area (Å²) in [5.74, 6) is 0.227. The summed E-state index contributed by atoms with van der Waals surface area (Å²) < 4.78 is 32.5. The van der Waals surface area contributed by atoms with Gasteiger partial charge in [0.2, 0.25) is 0 Å². The van der Waals surface area contributed by atoms with Crippen LogP contribution in [0.15, 0.2) is 23.1 Å². The van der Waals surface area contributed by atoms with E-state index >= 15 is 0 Å². The fourth-order valence-corrected chi connectivity index (χ4v) is 3.18. The van der Waals surface area contributed by atoms with Crippen LogP contribution in [0.3, 0.4) is 0 Å². The SMILES string of the molecule is COc1ccc(N)cc1S(=O)(=O)Nc1c(C)n[nH]c1C. The van der Waals surface area contributed by atoms with Crippen molar-refractivity contribution < 1.29 is 13.2 Å². The number of nitrogens with two attached hydrogens (primary N) is 1. The first-order valence-corrected chi connectivity index (χ1v) is 7.31. The van der Waals surface area contributed by atoms with Crippen molar-refractivity contribution in [2.45, 2.75) is 18.7 Å². The van der Waals surface area contributed by atoms with E-state index in [1.54, 1.807) is 19.9 Å². The van der Waals surface area contributed by atoms with Crippen molar-refractivity contribution in [3.8, 4) is 5.75 Å². The molecule has 1 aromatic heterocycles. The number of H-pyrrole nitrogens is 1. The molecular formula is C12H16N4O3S. The predicted octanol–water partition coefficient (Wildman–Crippen LogP) is 1.42. The van der Waals surface area contributed by atoms with Gasteiger partial charge in [-0.1, -0.05) is 0 Å². The second-order valence-corrected chi connectivity index (χ2v) is 5.98. The summed E-state index contributed by atoms with van der Waals surface area (Å²) in [4.78, 5) is -0.0139. The molecule has 0 bridgehead atoms. The van der Waals surface area contributed by atoms with Gasteiger partial charge in [-0.05, 0) is 32.0 Å². The summed E-state index contributed by atoms with van der Waals surface area (Å²) in [6.07, 6.45) is 0. The minimum atomic E-state index is -3.81. The van der Waals surface area contributed by atoms with Crippen LogP contribution in [0.5, 0.6) is 5.75 Å². The van der Waals surface area contributed by atoms with Crippen molar-refractivity contribution in [2.24, 2.45) is 0 Å². The molecule has 0 atom stereocenters. The molecule has 0 radical (unpaired) electrons. The van der Waals surface area contributed by atoms with Crippen LogP contribution >= 0.6 is 0 Å². The largest absolute Gasteiger partial charge is 0.495 e. The maximum absolute atomic E-state index is 12.4. The molecule has 20 heavy (non-hydrogen) atoms. The third-order valence-corrected chi connectivity index (χ3v) is 4.21. The van der Waals surface area contributed by atoms with E-state index in [1.807, 2.05) is 0 Å². The first-order chi connectivity index (χ1) is 9.35. The molecule has 1 heterocycles. The standard InChI is InChI=1S/C12H16N4O3S/c1-7-12(8(2)15-14-7)16-20(17,18)11-6-9(13)4-5-10(11)19-3/h4-6,16H,13H2,1-3H3,(H,14,15). The van der Waals surface area contributed by atoms with Crippen LogP contribution in [0, 0.1) is 13.8 Å². The monoisotopic (exact) mass is 296 g/mol. The normalized spacial score (nSPS) is 11.3. The molecule has 0 saturated carbocycles. The average Bonchev–Trinajstić information content (AvgIpc) is 2.70. The number of sulfonamides is 1. The molecular weight excluding hydrogens is 280 g/mol. The number of aromatic nitrogens is 2. The van der Waals surface area contributed by atoms with Crippen LogP contribution in [-0.4, -0.2) is 25.7 Å². The summed E-state index contributed by atoms with van der Waals surface area (Å²) in [5.41, 5.74) is 7.61. The Balaban J connectivity index is 2.48. The number of aryl methyl sites for hydroxylation is 2. The molecule has 2 aromatic rings. The third kappa shape index (κ3) is 2.55. The second kappa shape index (κ2) is 5.04.